The van der Waals surface area contributed by atoms with Crippen LogP contribution in [-0.4, -0.2) is 31.4 Å². The van der Waals surface area contributed by atoms with Crippen LogP contribution in [-0.2, 0) is 19.1 Å². The van der Waals surface area contributed by atoms with E-state index in [9.17, 15) is 14.4 Å². The Kier molecular flexibility index (Phi) is 5.11. The van der Waals surface area contributed by atoms with E-state index in [2.05, 4.69) is 5.32 Å². The minimum absolute atomic E-state index is 0.118. The standard InChI is InChI=1S/C20H23NO5/c1-4-26-13-7-5-6-12(9-13)14-10-16(22)21-15-8-11(2)17(20(24)25-3)19(23)18(14)15/h5-7,9,11,14,17H,4,8,10H2,1-3H3,(H,21,22). The quantitative estimate of drug-likeness (QED) is 0.661. The Hall–Kier alpha value is -2.63. The summed E-state index contributed by atoms with van der Waals surface area (Å²) < 4.78 is 10.4. The van der Waals surface area contributed by atoms with Gasteiger partial charge in [-0.15, -0.1) is 0 Å². The van der Waals surface area contributed by atoms with Gasteiger partial charge < -0.3 is 14.8 Å². The van der Waals surface area contributed by atoms with E-state index in [-0.39, 0.29) is 29.9 Å². The van der Waals surface area contributed by atoms with Gasteiger partial charge in [0.1, 0.15) is 11.7 Å². The maximum atomic E-state index is 13.1. The smallest absolute Gasteiger partial charge is 0.316 e. The molecule has 6 heteroatoms. The summed E-state index contributed by atoms with van der Waals surface area (Å²) >= 11 is 0. The number of ether oxygens (including phenoxy) is 2. The van der Waals surface area contributed by atoms with Gasteiger partial charge in [-0.2, -0.15) is 0 Å². The van der Waals surface area contributed by atoms with Crippen LogP contribution < -0.4 is 10.1 Å². The number of carbonyl (C=O) groups excluding carboxylic acids is 3. The van der Waals surface area contributed by atoms with Gasteiger partial charge in [0.25, 0.3) is 0 Å². The van der Waals surface area contributed by atoms with Gasteiger partial charge in [0.15, 0.2) is 5.78 Å². The Morgan fingerprint density at radius 2 is 2.04 bits per heavy atom. The molecule has 1 heterocycles. The fraction of sp³-hybridized carbons (Fsp3) is 0.450. The minimum atomic E-state index is -0.827. The normalized spacial score (nSPS) is 25.4. The van der Waals surface area contributed by atoms with E-state index in [1.165, 1.54) is 7.11 Å². The summed E-state index contributed by atoms with van der Waals surface area (Å²) in [6.45, 7) is 4.26. The van der Waals surface area contributed by atoms with Crippen molar-refractivity contribution in [2.45, 2.75) is 32.6 Å². The number of amides is 1. The van der Waals surface area contributed by atoms with Gasteiger partial charge in [-0.05, 0) is 37.0 Å². The molecule has 3 unspecified atom stereocenters. The highest BCUT2D eigenvalue weighted by Crippen LogP contribution is 2.42. The second-order valence-electron chi connectivity index (χ2n) is 6.75. The molecule has 0 fully saturated rings. The van der Waals surface area contributed by atoms with Crippen LogP contribution in [0.25, 0.3) is 0 Å². The minimum Gasteiger partial charge on any atom is -0.494 e. The summed E-state index contributed by atoms with van der Waals surface area (Å²) in [6, 6.07) is 7.43. The molecule has 1 amide bonds. The van der Waals surface area contributed by atoms with Gasteiger partial charge in [0.05, 0.1) is 13.7 Å². The number of Topliss-reactive ketones (excluding diaryl/α,β-unsaturated/α-hetero) is 1. The van der Waals surface area contributed by atoms with E-state index in [1.54, 1.807) is 0 Å². The first-order chi connectivity index (χ1) is 12.5. The van der Waals surface area contributed by atoms with Crippen LogP contribution in [0.1, 0.15) is 38.2 Å². The number of carbonyl (C=O) groups is 3. The molecule has 0 bridgehead atoms. The number of allylic oxidation sites excluding steroid dienone is 2. The van der Waals surface area contributed by atoms with Crippen molar-refractivity contribution in [3.63, 3.8) is 0 Å². The molecule has 6 nitrogen and oxygen atoms in total. The molecule has 0 spiro atoms. The molecule has 1 N–H and O–H groups in total. The van der Waals surface area contributed by atoms with Crippen LogP contribution in [0.3, 0.4) is 0 Å². The molecule has 138 valence electrons. The molecule has 0 saturated carbocycles. The fourth-order valence-electron chi connectivity index (χ4n) is 3.87. The third-order valence-corrected chi connectivity index (χ3v) is 5.02. The fourth-order valence-corrected chi connectivity index (χ4v) is 3.87. The predicted molar refractivity (Wildman–Crippen MR) is 94.4 cm³/mol. The number of ketones is 1. The lowest BCUT2D eigenvalue weighted by molar-refractivity contribution is -0.151. The average molecular weight is 357 g/mol. The summed E-state index contributed by atoms with van der Waals surface area (Å²) in [4.78, 5) is 37.5. The van der Waals surface area contributed by atoms with E-state index >= 15 is 0 Å². The maximum Gasteiger partial charge on any atom is 0.316 e. The molecule has 1 aromatic carbocycles. The molecule has 0 aromatic heterocycles. The highest BCUT2D eigenvalue weighted by molar-refractivity contribution is 6.11. The van der Waals surface area contributed by atoms with E-state index in [1.807, 2.05) is 38.1 Å². The lowest BCUT2D eigenvalue weighted by Gasteiger charge is -2.36. The maximum absolute atomic E-state index is 13.1. The Labute approximate surface area is 152 Å². The third kappa shape index (κ3) is 3.23. The second kappa shape index (κ2) is 7.32. The Bertz CT molecular complexity index is 782. The molecule has 3 rings (SSSR count). The lowest BCUT2D eigenvalue weighted by Crippen LogP contribution is -2.44. The van der Waals surface area contributed by atoms with Crippen molar-refractivity contribution in [2.24, 2.45) is 11.8 Å². The lowest BCUT2D eigenvalue weighted by atomic mass is 9.70. The Morgan fingerprint density at radius 1 is 1.27 bits per heavy atom. The molecule has 3 atom stereocenters. The van der Waals surface area contributed by atoms with Crippen LogP contribution >= 0.6 is 0 Å². The van der Waals surface area contributed by atoms with E-state index in [4.69, 9.17) is 9.47 Å². The summed E-state index contributed by atoms with van der Waals surface area (Å²) in [7, 11) is 1.29. The van der Waals surface area contributed by atoms with Gasteiger partial charge in [-0.1, -0.05) is 19.1 Å². The number of methoxy groups -OCH3 is 1. The molecule has 0 saturated heterocycles. The van der Waals surface area contributed by atoms with Crippen LogP contribution in [0, 0.1) is 11.8 Å². The second-order valence-corrected chi connectivity index (χ2v) is 6.75. The van der Waals surface area contributed by atoms with Crippen molar-refractivity contribution in [1.82, 2.24) is 5.32 Å². The van der Waals surface area contributed by atoms with Crippen molar-refractivity contribution in [3.05, 3.63) is 41.1 Å². The van der Waals surface area contributed by atoms with Gasteiger partial charge in [0, 0.05) is 23.6 Å². The number of hydrogen-bond donors (Lipinski definition) is 1. The SMILES string of the molecule is CCOc1cccc(C2CC(=O)NC3=C2C(=O)C(C(=O)OC)C(C)C3)c1. The third-order valence-electron chi connectivity index (χ3n) is 5.02. The monoisotopic (exact) mass is 357 g/mol. The first-order valence-electron chi connectivity index (χ1n) is 8.84. The molecule has 2 aliphatic rings. The van der Waals surface area contributed by atoms with E-state index < -0.39 is 11.9 Å². The van der Waals surface area contributed by atoms with E-state index in [0.717, 1.165) is 5.56 Å². The number of nitrogens with one attached hydrogen (secondary N) is 1. The molecule has 1 aliphatic heterocycles. The van der Waals surface area contributed by atoms with Crippen LogP contribution in [0.15, 0.2) is 35.5 Å². The number of benzene rings is 1. The van der Waals surface area contributed by atoms with Crippen molar-refractivity contribution in [2.75, 3.05) is 13.7 Å². The zero-order valence-electron chi connectivity index (χ0n) is 15.2. The molecule has 26 heavy (non-hydrogen) atoms. The molecular weight excluding hydrogens is 334 g/mol. The molecule has 1 aliphatic carbocycles. The predicted octanol–water partition coefficient (Wildman–Crippen LogP) is 2.34. The van der Waals surface area contributed by atoms with Crippen LogP contribution in [0.2, 0.25) is 0 Å². The topological polar surface area (TPSA) is 81.7 Å². The summed E-state index contributed by atoms with van der Waals surface area (Å²) in [5.41, 5.74) is 1.99. The summed E-state index contributed by atoms with van der Waals surface area (Å²) in [6.07, 6.45) is 0.636. The first kappa shape index (κ1) is 18.2. The Balaban J connectivity index is 2.04. The molecule has 1 aromatic rings. The summed E-state index contributed by atoms with van der Waals surface area (Å²) in [5, 5.41) is 2.83. The van der Waals surface area contributed by atoms with Crippen molar-refractivity contribution < 1.29 is 23.9 Å². The average Bonchev–Trinajstić information content (AvgIpc) is 2.61. The summed E-state index contributed by atoms with van der Waals surface area (Å²) in [5.74, 6) is -1.63. The first-order valence-corrected chi connectivity index (χ1v) is 8.84. The van der Waals surface area contributed by atoms with E-state index in [0.29, 0.717) is 30.0 Å². The van der Waals surface area contributed by atoms with Gasteiger partial charge in [-0.25, -0.2) is 0 Å². The number of esters is 1. The van der Waals surface area contributed by atoms with Crippen molar-refractivity contribution in [1.29, 1.82) is 0 Å². The van der Waals surface area contributed by atoms with Crippen molar-refractivity contribution in [3.8, 4) is 5.75 Å². The van der Waals surface area contributed by atoms with Gasteiger partial charge in [-0.3, -0.25) is 14.4 Å². The van der Waals surface area contributed by atoms with Gasteiger partial charge >= 0.3 is 5.97 Å². The van der Waals surface area contributed by atoms with Crippen LogP contribution in [0.4, 0.5) is 0 Å². The van der Waals surface area contributed by atoms with Crippen molar-refractivity contribution >= 4 is 17.7 Å². The molecule has 0 radical (unpaired) electrons. The van der Waals surface area contributed by atoms with Crippen LogP contribution in [0.5, 0.6) is 5.75 Å². The zero-order chi connectivity index (χ0) is 18.8. The van der Waals surface area contributed by atoms with Gasteiger partial charge in [0.2, 0.25) is 5.91 Å². The Morgan fingerprint density at radius 3 is 2.73 bits per heavy atom. The molecular formula is C20H23NO5. The number of rotatable bonds is 4. The highest BCUT2D eigenvalue weighted by atomic mass is 16.5. The zero-order valence-corrected chi connectivity index (χ0v) is 15.2. The number of hydrogen-bond acceptors (Lipinski definition) is 5. The largest absolute Gasteiger partial charge is 0.494 e. The highest BCUT2D eigenvalue weighted by Gasteiger charge is 2.45.